The Morgan fingerprint density at radius 2 is 1.94 bits per heavy atom. The molecule has 16 heavy (non-hydrogen) atoms. The maximum Gasteiger partial charge on any atom is 0.415 e. The van der Waals surface area contributed by atoms with E-state index < -0.39 is 33.5 Å². The highest BCUT2D eigenvalue weighted by Gasteiger charge is 2.17. The van der Waals surface area contributed by atoms with Crippen LogP contribution in [0.25, 0.3) is 11.0 Å². The highest BCUT2D eigenvalue weighted by atomic mass is 19.1. The zero-order valence-electron chi connectivity index (χ0n) is 7.57. The van der Waals surface area contributed by atoms with E-state index in [-0.39, 0.29) is 5.39 Å². The highest BCUT2D eigenvalue weighted by Crippen LogP contribution is 2.21. The van der Waals surface area contributed by atoms with Crippen LogP contribution in [0.1, 0.15) is 0 Å². The van der Waals surface area contributed by atoms with Gasteiger partial charge in [0.25, 0.3) is 0 Å². The minimum absolute atomic E-state index is 0.177. The fraction of sp³-hybridized carbons (Fsp3) is 0. The van der Waals surface area contributed by atoms with Crippen LogP contribution >= 0.6 is 0 Å². The number of nitro groups is 1. The molecule has 0 saturated carbocycles. The molecule has 1 aromatic carbocycles. The molecule has 0 amide bonds. The van der Waals surface area contributed by atoms with Crippen molar-refractivity contribution in [1.29, 1.82) is 0 Å². The van der Waals surface area contributed by atoms with Crippen molar-refractivity contribution in [1.82, 2.24) is 0 Å². The van der Waals surface area contributed by atoms with Gasteiger partial charge >= 0.3 is 11.3 Å². The molecule has 0 saturated heterocycles. The summed E-state index contributed by atoms with van der Waals surface area (Å²) in [6.45, 7) is 0. The molecule has 1 aromatic heterocycles. The van der Waals surface area contributed by atoms with E-state index >= 15 is 0 Å². The molecule has 0 aliphatic heterocycles. The summed E-state index contributed by atoms with van der Waals surface area (Å²) in [5, 5.41) is 10.2. The number of hydrogen-bond donors (Lipinski definition) is 0. The predicted molar refractivity (Wildman–Crippen MR) is 49.1 cm³/mol. The van der Waals surface area contributed by atoms with Gasteiger partial charge in [-0.15, -0.1) is 0 Å². The number of rotatable bonds is 1. The Bertz CT molecular complexity index is 650. The minimum atomic E-state index is -1.27. The molecule has 1 heterocycles. The molecule has 0 N–H and O–H groups in total. The third-order valence-electron chi connectivity index (χ3n) is 1.93. The van der Waals surface area contributed by atoms with Crippen LogP contribution in [0, 0.1) is 21.7 Å². The Morgan fingerprint density at radius 1 is 1.25 bits per heavy atom. The molecule has 0 fully saturated rings. The fourth-order valence-electron chi connectivity index (χ4n) is 1.27. The zero-order valence-corrected chi connectivity index (χ0v) is 7.57. The van der Waals surface area contributed by atoms with Gasteiger partial charge in [-0.1, -0.05) is 0 Å². The monoisotopic (exact) mass is 227 g/mol. The van der Waals surface area contributed by atoms with Crippen molar-refractivity contribution in [2.45, 2.75) is 0 Å². The summed E-state index contributed by atoms with van der Waals surface area (Å²) >= 11 is 0. The van der Waals surface area contributed by atoms with Crippen LogP contribution in [-0.2, 0) is 0 Å². The largest absolute Gasteiger partial charge is 0.415 e. The second-order valence-electron chi connectivity index (χ2n) is 2.98. The van der Waals surface area contributed by atoms with Crippen LogP contribution in [-0.4, -0.2) is 4.92 Å². The van der Waals surface area contributed by atoms with Crippen LogP contribution in [0.4, 0.5) is 14.5 Å². The minimum Gasteiger partial charge on any atom is -0.415 e. The first kappa shape index (κ1) is 10.2. The summed E-state index contributed by atoms with van der Waals surface area (Å²) in [5.41, 5.74) is -2.64. The lowest BCUT2D eigenvalue weighted by Gasteiger charge is -1.98. The first-order valence-corrected chi connectivity index (χ1v) is 4.06. The van der Waals surface area contributed by atoms with E-state index in [2.05, 4.69) is 4.42 Å². The average Bonchev–Trinajstić information content (AvgIpc) is 2.18. The molecule has 2 rings (SSSR count). The lowest BCUT2D eigenvalue weighted by Crippen LogP contribution is -2.06. The molecule has 0 spiro atoms. The van der Waals surface area contributed by atoms with Crippen LogP contribution in [0.5, 0.6) is 0 Å². The standard InChI is InChI=1S/C9H3F2NO4/c10-5-1-4-2-7(12(14)15)9(13)16-8(4)6(11)3-5/h1-3H. The van der Waals surface area contributed by atoms with E-state index in [0.29, 0.717) is 6.07 Å². The SMILES string of the molecule is O=c1oc2c(F)cc(F)cc2cc1[N+](=O)[O-]. The smallest absolute Gasteiger partial charge is 0.415 e. The second kappa shape index (κ2) is 3.37. The topological polar surface area (TPSA) is 73.3 Å². The van der Waals surface area contributed by atoms with E-state index in [1.165, 1.54) is 0 Å². The number of benzene rings is 1. The van der Waals surface area contributed by atoms with Crippen molar-refractivity contribution in [3.63, 3.8) is 0 Å². The zero-order chi connectivity index (χ0) is 11.9. The van der Waals surface area contributed by atoms with Gasteiger partial charge in [0.05, 0.1) is 4.92 Å². The molecule has 0 bridgehead atoms. The van der Waals surface area contributed by atoms with E-state index in [1.54, 1.807) is 0 Å². The van der Waals surface area contributed by atoms with Crippen molar-refractivity contribution >= 4 is 16.7 Å². The normalized spacial score (nSPS) is 10.6. The van der Waals surface area contributed by atoms with Crippen molar-refractivity contribution in [2.24, 2.45) is 0 Å². The van der Waals surface area contributed by atoms with Gasteiger partial charge in [0.2, 0.25) is 0 Å². The molecule has 82 valence electrons. The van der Waals surface area contributed by atoms with E-state index in [0.717, 1.165) is 12.1 Å². The second-order valence-corrected chi connectivity index (χ2v) is 2.98. The maximum absolute atomic E-state index is 13.1. The van der Waals surface area contributed by atoms with Gasteiger partial charge in [0.15, 0.2) is 11.4 Å². The molecule has 0 atom stereocenters. The molecule has 0 radical (unpaired) electrons. The first-order valence-electron chi connectivity index (χ1n) is 4.06. The molecule has 0 unspecified atom stereocenters. The van der Waals surface area contributed by atoms with E-state index in [4.69, 9.17) is 0 Å². The number of hydrogen-bond acceptors (Lipinski definition) is 4. The fourth-order valence-corrected chi connectivity index (χ4v) is 1.27. The van der Waals surface area contributed by atoms with Crippen LogP contribution in [0.2, 0.25) is 0 Å². The summed E-state index contributed by atoms with van der Waals surface area (Å²) in [7, 11) is 0. The summed E-state index contributed by atoms with van der Waals surface area (Å²) < 4.78 is 30.3. The molecule has 7 heteroatoms. The van der Waals surface area contributed by atoms with Crippen molar-refractivity contribution in [3.8, 4) is 0 Å². The Morgan fingerprint density at radius 3 is 2.56 bits per heavy atom. The van der Waals surface area contributed by atoms with Crippen LogP contribution in [0.3, 0.4) is 0 Å². The lowest BCUT2D eigenvalue weighted by molar-refractivity contribution is -0.387. The Labute approximate surface area is 86.1 Å². The lowest BCUT2D eigenvalue weighted by atomic mass is 10.2. The van der Waals surface area contributed by atoms with Crippen LogP contribution in [0.15, 0.2) is 27.4 Å². The Kier molecular flexibility index (Phi) is 2.15. The first-order chi connectivity index (χ1) is 7.49. The number of halogens is 2. The third kappa shape index (κ3) is 1.52. The Balaban J connectivity index is 2.90. The molecule has 0 aliphatic rings. The van der Waals surface area contributed by atoms with E-state index in [9.17, 15) is 23.7 Å². The van der Waals surface area contributed by atoms with Gasteiger partial charge in [0.1, 0.15) is 5.82 Å². The molecular formula is C9H3F2NO4. The van der Waals surface area contributed by atoms with Gasteiger partial charge in [-0.2, -0.15) is 0 Å². The molecule has 2 aromatic rings. The summed E-state index contributed by atoms with van der Waals surface area (Å²) in [4.78, 5) is 20.5. The Hall–Kier alpha value is -2.31. The summed E-state index contributed by atoms with van der Waals surface area (Å²) in [6, 6.07) is 2.14. The van der Waals surface area contributed by atoms with Crippen LogP contribution < -0.4 is 5.63 Å². The molecule has 5 nitrogen and oxygen atoms in total. The predicted octanol–water partition coefficient (Wildman–Crippen LogP) is 1.98. The van der Waals surface area contributed by atoms with Crippen molar-refractivity contribution < 1.29 is 18.1 Å². The number of fused-ring (bicyclic) bond motifs is 1. The van der Waals surface area contributed by atoms with Gasteiger partial charge in [0, 0.05) is 17.5 Å². The van der Waals surface area contributed by atoms with Gasteiger partial charge in [-0.05, 0) is 6.07 Å². The van der Waals surface area contributed by atoms with Crippen molar-refractivity contribution in [2.75, 3.05) is 0 Å². The van der Waals surface area contributed by atoms with Gasteiger partial charge in [-0.3, -0.25) is 10.1 Å². The summed E-state index contributed by atoms with van der Waals surface area (Å²) in [6.07, 6.45) is 0. The quantitative estimate of drug-likeness (QED) is 0.424. The maximum atomic E-state index is 13.1. The van der Waals surface area contributed by atoms with E-state index in [1.807, 2.05) is 0 Å². The number of nitrogens with zero attached hydrogens (tertiary/aromatic N) is 1. The van der Waals surface area contributed by atoms with Gasteiger partial charge in [-0.25, -0.2) is 13.6 Å². The summed E-state index contributed by atoms with van der Waals surface area (Å²) in [5.74, 6) is -1.99. The average molecular weight is 227 g/mol. The molecule has 0 aliphatic carbocycles. The third-order valence-corrected chi connectivity index (χ3v) is 1.93. The van der Waals surface area contributed by atoms with Gasteiger partial charge < -0.3 is 4.42 Å². The van der Waals surface area contributed by atoms with Crippen molar-refractivity contribution in [3.05, 3.63) is 50.4 Å². The molecular weight excluding hydrogens is 224 g/mol. The highest BCUT2D eigenvalue weighted by molar-refractivity contribution is 5.78.